The molecule has 1 fully saturated rings. The third kappa shape index (κ3) is 3.62. The summed E-state index contributed by atoms with van der Waals surface area (Å²) in [6.07, 6.45) is -1.91. The summed E-state index contributed by atoms with van der Waals surface area (Å²) < 4.78 is 59.6. The second-order valence-corrected chi connectivity index (χ2v) is 7.18. The number of hydrogen-bond donors (Lipinski definition) is 0. The molecule has 0 aliphatic heterocycles. The maximum absolute atomic E-state index is 12.2. The van der Waals surface area contributed by atoms with Crippen molar-refractivity contribution in [1.82, 2.24) is 0 Å². The molecule has 1 unspecified atom stereocenters. The minimum atomic E-state index is -4.49. The molecule has 0 bridgehead atoms. The van der Waals surface area contributed by atoms with Crippen molar-refractivity contribution in [3.05, 3.63) is 0 Å². The fourth-order valence-electron chi connectivity index (χ4n) is 1.68. The highest BCUT2D eigenvalue weighted by atomic mass is 79.9. The average molecular weight is 309 g/mol. The summed E-state index contributed by atoms with van der Waals surface area (Å²) in [5, 5.41) is -0.570. The number of sulfone groups is 1. The third-order valence-corrected chi connectivity index (χ3v) is 6.10. The molecule has 90 valence electrons. The van der Waals surface area contributed by atoms with Gasteiger partial charge < -0.3 is 0 Å². The Morgan fingerprint density at radius 2 is 1.73 bits per heavy atom. The quantitative estimate of drug-likeness (QED) is 0.751. The summed E-state index contributed by atoms with van der Waals surface area (Å²) in [5.41, 5.74) is 0. The maximum Gasteiger partial charge on any atom is 0.402 e. The van der Waals surface area contributed by atoms with Crippen molar-refractivity contribution in [1.29, 1.82) is 0 Å². The molecule has 0 amide bonds. The lowest BCUT2D eigenvalue weighted by Gasteiger charge is -2.17. The molecule has 0 radical (unpaired) electrons. The molecule has 0 saturated heterocycles. The smallest absolute Gasteiger partial charge is 0.229 e. The summed E-state index contributed by atoms with van der Waals surface area (Å²) in [6.45, 7) is 0. The van der Waals surface area contributed by atoms with Crippen LogP contribution in [0.15, 0.2) is 0 Å². The number of hydrogen-bond acceptors (Lipinski definition) is 2. The summed E-state index contributed by atoms with van der Waals surface area (Å²) in [5.74, 6) is -0.846. The lowest BCUT2D eigenvalue weighted by Crippen LogP contribution is -2.34. The van der Waals surface area contributed by atoms with Crippen molar-refractivity contribution in [2.45, 2.75) is 41.9 Å². The van der Waals surface area contributed by atoms with Crippen LogP contribution >= 0.6 is 15.9 Å². The van der Waals surface area contributed by atoms with Gasteiger partial charge in [0.1, 0.15) is 4.83 Å². The van der Waals surface area contributed by atoms with E-state index in [0.717, 1.165) is 12.8 Å². The van der Waals surface area contributed by atoms with Crippen LogP contribution in [0.25, 0.3) is 0 Å². The van der Waals surface area contributed by atoms with Gasteiger partial charge in [-0.2, -0.15) is 13.2 Å². The Labute approximate surface area is 95.3 Å². The van der Waals surface area contributed by atoms with Gasteiger partial charge in [-0.1, -0.05) is 28.8 Å². The van der Waals surface area contributed by atoms with Crippen LogP contribution in [0.5, 0.6) is 0 Å². The van der Waals surface area contributed by atoms with Crippen molar-refractivity contribution in [3.8, 4) is 0 Å². The average Bonchev–Trinajstić information content (AvgIpc) is 2.52. The molecule has 1 saturated carbocycles. The first-order chi connectivity index (χ1) is 6.73. The Bertz CT molecular complexity index is 306. The highest BCUT2D eigenvalue weighted by Gasteiger charge is 2.42. The van der Waals surface area contributed by atoms with Gasteiger partial charge in [0.2, 0.25) is 0 Å². The fourth-order valence-corrected chi connectivity index (χ4v) is 4.71. The molecule has 0 N–H and O–H groups in total. The van der Waals surface area contributed by atoms with Gasteiger partial charge >= 0.3 is 6.18 Å². The molecule has 0 aromatic carbocycles. The molecule has 1 rings (SSSR count). The zero-order valence-corrected chi connectivity index (χ0v) is 10.3. The monoisotopic (exact) mass is 308 g/mol. The van der Waals surface area contributed by atoms with Crippen molar-refractivity contribution in [2.24, 2.45) is 0 Å². The highest BCUT2D eigenvalue weighted by molar-refractivity contribution is 9.09. The molecule has 1 aliphatic carbocycles. The molecule has 15 heavy (non-hydrogen) atoms. The highest BCUT2D eigenvalue weighted by Crippen LogP contribution is 2.31. The van der Waals surface area contributed by atoms with Crippen LogP contribution in [0.1, 0.15) is 25.7 Å². The van der Waals surface area contributed by atoms with Gasteiger partial charge in [-0.05, 0) is 12.8 Å². The molecule has 1 atom stereocenters. The molecule has 1 aliphatic rings. The standard InChI is InChI=1S/C8H12BrF3O2S/c9-7(8(10,11)12)5-15(13,14)6-3-1-2-4-6/h6-7H,1-5H2. The second kappa shape index (κ2) is 4.61. The number of halogens is 4. The van der Waals surface area contributed by atoms with Crippen molar-refractivity contribution >= 4 is 25.8 Å². The Kier molecular flexibility index (Phi) is 4.08. The van der Waals surface area contributed by atoms with E-state index in [0.29, 0.717) is 12.8 Å². The van der Waals surface area contributed by atoms with E-state index < -0.39 is 31.8 Å². The van der Waals surface area contributed by atoms with Gasteiger partial charge in [-0.15, -0.1) is 0 Å². The van der Waals surface area contributed by atoms with E-state index in [-0.39, 0.29) is 0 Å². The van der Waals surface area contributed by atoms with Crippen LogP contribution in [0, 0.1) is 0 Å². The molecular formula is C8H12BrF3O2S. The van der Waals surface area contributed by atoms with E-state index in [1.165, 1.54) is 0 Å². The lowest BCUT2D eigenvalue weighted by molar-refractivity contribution is -0.123. The van der Waals surface area contributed by atoms with Gasteiger partial charge in [-0.25, -0.2) is 8.42 Å². The minimum Gasteiger partial charge on any atom is -0.229 e. The maximum atomic E-state index is 12.2. The SMILES string of the molecule is O=S(=O)(CC(Br)C(F)(F)F)C1CCCC1. The van der Waals surface area contributed by atoms with Gasteiger partial charge in [0.05, 0.1) is 11.0 Å². The molecule has 0 aromatic rings. The Morgan fingerprint density at radius 1 is 1.27 bits per heavy atom. The fraction of sp³-hybridized carbons (Fsp3) is 1.00. The Balaban J connectivity index is 2.64. The summed E-state index contributed by atoms with van der Waals surface area (Å²) in [4.78, 5) is -1.95. The van der Waals surface area contributed by atoms with Crippen molar-refractivity contribution in [2.75, 3.05) is 5.75 Å². The van der Waals surface area contributed by atoms with E-state index in [1.54, 1.807) is 0 Å². The molecular weight excluding hydrogens is 297 g/mol. The van der Waals surface area contributed by atoms with Crippen LogP contribution in [-0.2, 0) is 9.84 Å². The van der Waals surface area contributed by atoms with Gasteiger partial charge in [0.15, 0.2) is 9.84 Å². The zero-order valence-electron chi connectivity index (χ0n) is 7.93. The predicted octanol–water partition coefficient (Wildman–Crippen LogP) is 2.67. The molecule has 0 aromatic heterocycles. The van der Waals surface area contributed by atoms with Gasteiger partial charge in [-0.3, -0.25) is 0 Å². The van der Waals surface area contributed by atoms with Crippen LogP contribution in [0.3, 0.4) is 0 Å². The summed E-state index contributed by atoms with van der Waals surface area (Å²) >= 11 is 2.38. The second-order valence-electron chi connectivity index (χ2n) is 3.75. The van der Waals surface area contributed by atoms with E-state index in [2.05, 4.69) is 15.9 Å². The lowest BCUT2D eigenvalue weighted by atomic mass is 10.4. The first-order valence-corrected chi connectivity index (χ1v) is 7.29. The van der Waals surface area contributed by atoms with Crippen LogP contribution in [0.2, 0.25) is 0 Å². The van der Waals surface area contributed by atoms with Crippen molar-refractivity contribution < 1.29 is 21.6 Å². The first-order valence-electron chi connectivity index (χ1n) is 4.66. The molecule has 7 heteroatoms. The first kappa shape index (κ1) is 13.3. The largest absolute Gasteiger partial charge is 0.402 e. The Hall–Kier alpha value is 0.220. The zero-order chi connectivity index (χ0) is 11.7. The number of rotatable bonds is 3. The van der Waals surface area contributed by atoms with Crippen molar-refractivity contribution in [3.63, 3.8) is 0 Å². The topological polar surface area (TPSA) is 34.1 Å². The van der Waals surface area contributed by atoms with E-state index in [9.17, 15) is 21.6 Å². The summed E-state index contributed by atoms with van der Waals surface area (Å²) in [6, 6.07) is 0. The van der Waals surface area contributed by atoms with Crippen LogP contribution in [0.4, 0.5) is 13.2 Å². The van der Waals surface area contributed by atoms with Crippen LogP contribution in [-0.4, -0.2) is 30.4 Å². The molecule has 2 nitrogen and oxygen atoms in total. The van der Waals surface area contributed by atoms with Gasteiger partial charge in [0.25, 0.3) is 0 Å². The van der Waals surface area contributed by atoms with E-state index in [4.69, 9.17) is 0 Å². The minimum absolute atomic E-state index is 0.500. The molecule has 0 spiro atoms. The summed E-state index contributed by atoms with van der Waals surface area (Å²) in [7, 11) is -3.61. The Morgan fingerprint density at radius 3 is 2.13 bits per heavy atom. The molecule has 0 heterocycles. The van der Waals surface area contributed by atoms with E-state index in [1.807, 2.05) is 0 Å². The van der Waals surface area contributed by atoms with Gasteiger partial charge in [0, 0.05) is 0 Å². The third-order valence-electron chi connectivity index (χ3n) is 2.54. The van der Waals surface area contributed by atoms with Crippen LogP contribution < -0.4 is 0 Å². The normalized spacial score (nSPS) is 21.9. The predicted molar refractivity (Wildman–Crippen MR) is 54.8 cm³/mol. The number of alkyl halides is 4. The van der Waals surface area contributed by atoms with E-state index >= 15 is 0 Å².